The summed E-state index contributed by atoms with van der Waals surface area (Å²) in [6.45, 7) is 21.1. The van der Waals surface area contributed by atoms with Crippen LogP contribution in [0.5, 0.6) is 5.75 Å². The topological polar surface area (TPSA) is 55.7 Å². The van der Waals surface area contributed by atoms with E-state index in [0.717, 1.165) is 37.3 Å². The summed E-state index contributed by atoms with van der Waals surface area (Å²) in [5.41, 5.74) is 2.58. The van der Waals surface area contributed by atoms with E-state index in [1.54, 1.807) is 0 Å². The van der Waals surface area contributed by atoms with E-state index in [1.165, 1.54) is 5.56 Å². The number of piperazine rings is 1. The standard InChI is InChI=1S/C23H40N2O2/c1-21(2,3)17-13-16(14-18(19(17)27)22(4,5)6)20(23(7,8)15-26)25-11-9-24-10-12-25/h13-14,20,24,26-27H,9-12,15H2,1-8H3/t20-/m1/s1. The molecule has 3 N–H and O–H groups in total. The average molecular weight is 377 g/mol. The molecular weight excluding hydrogens is 336 g/mol. The minimum atomic E-state index is -0.279. The van der Waals surface area contributed by atoms with Gasteiger partial charge in [-0.2, -0.15) is 0 Å². The molecule has 1 atom stereocenters. The van der Waals surface area contributed by atoms with Crippen LogP contribution in [0.1, 0.15) is 78.1 Å². The normalized spacial score (nSPS) is 18.6. The SMILES string of the molecule is CC(C)(C)c1cc([C@@H](N2CCNCC2)C(C)(C)CO)cc(C(C)(C)C)c1O. The molecule has 1 aliphatic rings. The van der Waals surface area contributed by atoms with E-state index < -0.39 is 0 Å². The first-order valence-corrected chi connectivity index (χ1v) is 10.2. The second-order valence-electron chi connectivity index (χ2n) is 10.8. The van der Waals surface area contributed by atoms with Crippen molar-refractivity contribution < 1.29 is 10.2 Å². The lowest BCUT2D eigenvalue weighted by atomic mass is 9.74. The van der Waals surface area contributed by atoms with Crippen LogP contribution in [0.3, 0.4) is 0 Å². The van der Waals surface area contributed by atoms with Gasteiger partial charge in [-0.25, -0.2) is 0 Å². The molecule has 1 saturated heterocycles. The first-order valence-electron chi connectivity index (χ1n) is 10.2. The summed E-state index contributed by atoms with van der Waals surface area (Å²) in [6, 6.07) is 4.45. The quantitative estimate of drug-likeness (QED) is 0.745. The second kappa shape index (κ2) is 7.73. The van der Waals surface area contributed by atoms with Crippen molar-refractivity contribution in [1.82, 2.24) is 10.2 Å². The van der Waals surface area contributed by atoms with Crippen LogP contribution in [0, 0.1) is 5.41 Å². The van der Waals surface area contributed by atoms with E-state index in [1.807, 2.05) is 0 Å². The van der Waals surface area contributed by atoms with E-state index in [4.69, 9.17) is 0 Å². The number of nitrogens with zero attached hydrogens (tertiary/aromatic N) is 1. The minimum absolute atomic E-state index is 0.104. The summed E-state index contributed by atoms with van der Waals surface area (Å²) in [4.78, 5) is 2.48. The fraction of sp³-hybridized carbons (Fsp3) is 0.739. The number of nitrogens with one attached hydrogen (secondary N) is 1. The van der Waals surface area contributed by atoms with Gasteiger partial charge in [0.05, 0.1) is 0 Å². The highest BCUT2D eigenvalue weighted by atomic mass is 16.3. The van der Waals surface area contributed by atoms with Crippen LogP contribution in [-0.2, 0) is 10.8 Å². The Balaban J connectivity index is 2.71. The Hall–Kier alpha value is -1.10. The zero-order valence-electron chi connectivity index (χ0n) is 18.6. The molecule has 1 aliphatic heterocycles. The van der Waals surface area contributed by atoms with Crippen LogP contribution in [-0.4, -0.2) is 47.9 Å². The number of hydrogen-bond donors (Lipinski definition) is 3. The summed E-state index contributed by atoms with van der Waals surface area (Å²) in [7, 11) is 0. The smallest absolute Gasteiger partial charge is 0.123 e. The van der Waals surface area contributed by atoms with Crippen molar-refractivity contribution in [2.75, 3.05) is 32.8 Å². The van der Waals surface area contributed by atoms with Crippen LogP contribution in [0.2, 0.25) is 0 Å². The summed E-state index contributed by atoms with van der Waals surface area (Å²) in [5, 5.41) is 24.7. The molecule has 4 heteroatoms. The maximum atomic E-state index is 11.1. The van der Waals surface area contributed by atoms with Gasteiger partial charge in [0, 0.05) is 44.2 Å². The lowest BCUT2D eigenvalue weighted by Crippen LogP contribution is -2.49. The van der Waals surface area contributed by atoms with E-state index in [9.17, 15) is 10.2 Å². The largest absolute Gasteiger partial charge is 0.507 e. The number of aliphatic hydroxyl groups is 1. The van der Waals surface area contributed by atoms with Gasteiger partial charge in [-0.05, 0) is 39.7 Å². The molecule has 1 fully saturated rings. The number of aliphatic hydroxyl groups excluding tert-OH is 1. The molecule has 0 radical (unpaired) electrons. The summed E-state index contributed by atoms with van der Waals surface area (Å²) < 4.78 is 0. The van der Waals surface area contributed by atoms with Crippen molar-refractivity contribution in [3.05, 3.63) is 28.8 Å². The Kier molecular flexibility index (Phi) is 6.35. The zero-order chi connectivity index (χ0) is 20.6. The first kappa shape index (κ1) is 22.2. The van der Waals surface area contributed by atoms with Gasteiger partial charge in [-0.15, -0.1) is 0 Å². The highest BCUT2D eigenvalue weighted by molar-refractivity contribution is 5.50. The van der Waals surface area contributed by atoms with Crippen molar-refractivity contribution >= 4 is 0 Å². The number of phenolic OH excluding ortho intramolecular Hbond substituents is 1. The molecule has 0 unspecified atom stereocenters. The Bertz CT molecular complexity index is 612. The number of hydrogen-bond acceptors (Lipinski definition) is 4. The molecule has 27 heavy (non-hydrogen) atoms. The zero-order valence-corrected chi connectivity index (χ0v) is 18.6. The van der Waals surface area contributed by atoms with E-state index in [0.29, 0.717) is 5.75 Å². The van der Waals surface area contributed by atoms with Crippen molar-refractivity contribution in [3.8, 4) is 5.75 Å². The Morgan fingerprint density at radius 3 is 1.74 bits per heavy atom. The molecule has 1 aromatic rings. The highest BCUT2D eigenvalue weighted by Crippen LogP contribution is 2.45. The van der Waals surface area contributed by atoms with Gasteiger partial charge in [-0.1, -0.05) is 55.4 Å². The van der Waals surface area contributed by atoms with Crippen molar-refractivity contribution in [1.29, 1.82) is 0 Å². The Morgan fingerprint density at radius 1 is 0.926 bits per heavy atom. The van der Waals surface area contributed by atoms with Crippen LogP contribution in [0.15, 0.2) is 12.1 Å². The van der Waals surface area contributed by atoms with Crippen LogP contribution >= 0.6 is 0 Å². The van der Waals surface area contributed by atoms with Gasteiger partial charge >= 0.3 is 0 Å². The predicted octanol–water partition coefficient (Wildman–Crippen LogP) is 3.95. The van der Waals surface area contributed by atoms with Gasteiger partial charge in [0.2, 0.25) is 0 Å². The summed E-state index contributed by atoms with van der Waals surface area (Å²) >= 11 is 0. The Labute approximate surface area is 166 Å². The third-order valence-corrected chi connectivity index (χ3v) is 5.73. The maximum absolute atomic E-state index is 11.1. The summed E-state index contributed by atoms with van der Waals surface area (Å²) in [5.74, 6) is 0.416. The first-order chi connectivity index (χ1) is 12.3. The number of phenols is 1. The van der Waals surface area contributed by atoms with Crippen molar-refractivity contribution in [2.24, 2.45) is 5.41 Å². The van der Waals surface area contributed by atoms with Crippen molar-refractivity contribution in [3.63, 3.8) is 0 Å². The second-order valence-corrected chi connectivity index (χ2v) is 10.8. The lowest BCUT2D eigenvalue weighted by molar-refractivity contribution is 0.0303. The molecular formula is C23H40N2O2. The number of rotatable bonds is 4. The van der Waals surface area contributed by atoms with Gasteiger partial charge in [0.25, 0.3) is 0 Å². The van der Waals surface area contributed by atoms with Gasteiger partial charge in [0.1, 0.15) is 5.75 Å². The maximum Gasteiger partial charge on any atom is 0.123 e. The fourth-order valence-corrected chi connectivity index (χ4v) is 4.14. The van der Waals surface area contributed by atoms with Gasteiger partial charge in [-0.3, -0.25) is 4.90 Å². The fourth-order valence-electron chi connectivity index (χ4n) is 4.14. The van der Waals surface area contributed by atoms with Crippen molar-refractivity contribution in [2.45, 2.75) is 72.3 Å². The van der Waals surface area contributed by atoms with Crippen LogP contribution in [0.4, 0.5) is 0 Å². The molecule has 0 amide bonds. The molecule has 0 bridgehead atoms. The lowest BCUT2D eigenvalue weighted by Gasteiger charge is -2.44. The van der Waals surface area contributed by atoms with E-state index >= 15 is 0 Å². The molecule has 0 spiro atoms. The minimum Gasteiger partial charge on any atom is -0.507 e. The van der Waals surface area contributed by atoms with E-state index in [2.05, 4.69) is 77.7 Å². The molecule has 1 aromatic carbocycles. The Morgan fingerprint density at radius 2 is 1.37 bits per heavy atom. The van der Waals surface area contributed by atoms with Gasteiger partial charge < -0.3 is 15.5 Å². The third kappa shape index (κ3) is 4.85. The predicted molar refractivity (Wildman–Crippen MR) is 114 cm³/mol. The number of benzene rings is 1. The molecule has 0 aliphatic carbocycles. The number of aromatic hydroxyl groups is 1. The molecule has 154 valence electrons. The van der Waals surface area contributed by atoms with Crippen LogP contribution < -0.4 is 5.32 Å². The molecule has 0 aromatic heterocycles. The molecule has 0 saturated carbocycles. The van der Waals surface area contributed by atoms with Gasteiger partial charge in [0.15, 0.2) is 0 Å². The molecule has 2 rings (SSSR count). The molecule has 4 nitrogen and oxygen atoms in total. The average Bonchev–Trinajstić information content (AvgIpc) is 2.55. The monoisotopic (exact) mass is 376 g/mol. The third-order valence-electron chi connectivity index (χ3n) is 5.73. The van der Waals surface area contributed by atoms with E-state index in [-0.39, 0.29) is 28.9 Å². The highest BCUT2D eigenvalue weighted by Gasteiger charge is 2.38. The summed E-state index contributed by atoms with van der Waals surface area (Å²) in [6.07, 6.45) is 0. The molecule has 1 heterocycles. The van der Waals surface area contributed by atoms with Crippen LogP contribution in [0.25, 0.3) is 0 Å².